The third kappa shape index (κ3) is 2.74. The number of anilines is 1. The maximum absolute atomic E-state index is 12.0. The summed E-state index contributed by atoms with van der Waals surface area (Å²) in [7, 11) is 1.77. The van der Waals surface area contributed by atoms with Crippen LogP contribution in [-0.2, 0) is 11.8 Å². The second kappa shape index (κ2) is 5.28. The van der Waals surface area contributed by atoms with Gasteiger partial charge >= 0.3 is 0 Å². The predicted molar refractivity (Wildman–Crippen MR) is 70.7 cm³/mol. The van der Waals surface area contributed by atoms with Crippen LogP contribution < -0.4 is 11.1 Å². The van der Waals surface area contributed by atoms with Gasteiger partial charge in [-0.2, -0.15) is 5.10 Å². The normalized spacial score (nSPS) is 12.2. The largest absolute Gasteiger partial charge is 0.322 e. The Morgan fingerprint density at radius 1 is 1.61 bits per heavy atom. The first-order chi connectivity index (χ1) is 8.58. The van der Waals surface area contributed by atoms with E-state index in [4.69, 9.17) is 5.73 Å². The first kappa shape index (κ1) is 12.7. The first-order valence-corrected chi connectivity index (χ1v) is 6.02. The lowest BCUT2D eigenvalue weighted by Gasteiger charge is -2.11. The molecular weight excluding hydrogens is 298 g/mol. The number of halogens is 1. The van der Waals surface area contributed by atoms with Gasteiger partial charge in [-0.1, -0.05) is 0 Å². The molecule has 2 aromatic rings. The number of nitrogens with zero attached hydrogens (tertiary/aromatic N) is 3. The fraction of sp³-hybridized carbons (Fsp3) is 0.182. The summed E-state index contributed by atoms with van der Waals surface area (Å²) in [5.41, 5.74) is 7.10. The highest BCUT2D eigenvalue weighted by Gasteiger charge is 2.18. The van der Waals surface area contributed by atoms with Crippen molar-refractivity contribution in [3.8, 4) is 0 Å². The van der Waals surface area contributed by atoms with Crippen molar-refractivity contribution in [2.24, 2.45) is 12.8 Å². The average molecular weight is 310 g/mol. The minimum absolute atomic E-state index is 0.309. The van der Waals surface area contributed by atoms with E-state index < -0.39 is 6.04 Å². The van der Waals surface area contributed by atoms with Crippen molar-refractivity contribution in [3.63, 3.8) is 0 Å². The molecule has 1 atom stereocenters. The molecule has 0 fully saturated rings. The average Bonchev–Trinajstić information content (AvgIpc) is 2.78. The number of amides is 1. The van der Waals surface area contributed by atoms with Crippen LogP contribution in [0.1, 0.15) is 11.6 Å². The summed E-state index contributed by atoms with van der Waals surface area (Å²) in [4.78, 5) is 16.0. The summed E-state index contributed by atoms with van der Waals surface area (Å²) in [6.07, 6.45) is 4.91. The van der Waals surface area contributed by atoms with Gasteiger partial charge in [0, 0.05) is 25.0 Å². The zero-order chi connectivity index (χ0) is 13.1. The van der Waals surface area contributed by atoms with Crippen LogP contribution in [0.4, 0.5) is 5.69 Å². The topological polar surface area (TPSA) is 85.8 Å². The Hall–Kier alpha value is -1.73. The van der Waals surface area contributed by atoms with E-state index in [1.807, 2.05) is 0 Å². The molecule has 1 amide bonds. The van der Waals surface area contributed by atoms with Gasteiger partial charge in [-0.15, -0.1) is 0 Å². The van der Waals surface area contributed by atoms with Crippen LogP contribution in [0.5, 0.6) is 0 Å². The van der Waals surface area contributed by atoms with E-state index in [1.54, 1.807) is 42.5 Å². The lowest BCUT2D eigenvalue weighted by molar-refractivity contribution is -0.117. The van der Waals surface area contributed by atoms with Gasteiger partial charge in [0.25, 0.3) is 0 Å². The SMILES string of the molecule is Cn1cc(C(N)C(=O)Nc2cccnc2Br)cn1. The minimum atomic E-state index is -0.759. The highest BCUT2D eigenvalue weighted by Crippen LogP contribution is 2.20. The number of aromatic nitrogens is 3. The fourth-order valence-corrected chi connectivity index (χ4v) is 1.79. The minimum Gasteiger partial charge on any atom is -0.322 e. The summed E-state index contributed by atoms with van der Waals surface area (Å²) < 4.78 is 2.17. The molecule has 0 bridgehead atoms. The third-order valence-electron chi connectivity index (χ3n) is 2.38. The Bertz CT molecular complexity index is 568. The van der Waals surface area contributed by atoms with E-state index in [9.17, 15) is 4.79 Å². The molecule has 6 nitrogen and oxygen atoms in total. The van der Waals surface area contributed by atoms with Crippen molar-refractivity contribution >= 4 is 27.5 Å². The molecule has 1 unspecified atom stereocenters. The number of aryl methyl sites for hydroxylation is 1. The summed E-state index contributed by atoms with van der Waals surface area (Å²) in [5, 5.41) is 6.69. The van der Waals surface area contributed by atoms with Crippen LogP contribution in [0.2, 0.25) is 0 Å². The van der Waals surface area contributed by atoms with Crippen LogP contribution in [0, 0.1) is 0 Å². The highest BCUT2D eigenvalue weighted by molar-refractivity contribution is 9.10. The molecule has 0 aromatic carbocycles. The number of nitrogens with two attached hydrogens (primary N) is 1. The molecule has 0 aliphatic carbocycles. The van der Waals surface area contributed by atoms with E-state index in [0.29, 0.717) is 15.9 Å². The van der Waals surface area contributed by atoms with Gasteiger partial charge in [-0.3, -0.25) is 9.48 Å². The number of hydrogen-bond donors (Lipinski definition) is 2. The fourth-order valence-electron chi connectivity index (χ4n) is 1.44. The summed E-state index contributed by atoms with van der Waals surface area (Å²) in [5.74, 6) is -0.309. The van der Waals surface area contributed by atoms with Gasteiger partial charge in [0.2, 0.25) is 5.91 Å². The van der Waals surface area contributed by atoms with E-state index in [-0.39, 0.29) is 5.91 Å². The summed E-state index contributed by atoms with van der Waals surface area (Å²) in [6.45, 7) is 0. The van der Waals surface area contributed by atoms with Crippen LogP contribution in [0.3, 0.4) is 0 Å². The first-order valence-electron chi connectivity index (χ1n) is 5.23. The Labute approximate surface area is 112 Å². The second-order valence-corrected chi connectivity index (χ2v) is 4.51. The van der Waals surface area contributed by atoms with Crippen molar-refractivity contribution in [3.05, 3.63) is 40.9 Å². The Morgan fingerprint density at radius 3 is 3.00 bits per heavy atom. The second-order valence-electron chi connectivity index (χ2n) is 3.76. The van der Waals surface area contributed by atoms with Crippen LogP contribution in [0.15, 0.2) is 35.3 Å². The zero-order valence-corrected chi connectivity index (χ0v) is 11.3. The summed E-state index contributed by atoms with van der Waals surface area (Å²) >= 11 is 3.25. The maximum Gasteiger partial charge on any atom is 0.246 e. The highest BCUT2D eigenvalue weighted by atomic mass is 79.9. The monoisotopic (exact) mass is 309 g/mol. The standard InChI is InChI=1S/C11H12BrN5O/c1-17-6-7(5-15-17)9(13)11(18)16-8-3-2-4-14-10(8)12/h2-6,9H,13H2,1H3,(H,16,18). The Balaban J connectivity index is 2.11. The number of nitrogens with one attached hydrogen (secondary N) is 1. The molecule has 2 aromatic heterocycles. The molecule has 0 spiro atoms. The van der Waals surface area contributed by atoms with E-state index >= 15 is 0 Å². The van der Waals surface area contributed by atoms with E-state index in [2.05, 4.69) is 31.3 Å². The van der Waals surface area contributed by atoms with Crippen molar-refractivity contribution in [1.82, 2.24) is 14.8 Å². The van der Waals surface area contributed by atoms with Gasteiger partial charge < -0.3 is 11.1 Å². The van der Waals surface area contributed by atoms with Gasteiger partial charge in [-0.25, -0.2) is 4.98 Å². The lowest BCUT2D eigenvalue weighted by atomic mass is 10.1. The number of carbonyl (C=O) groups excluding carboxylic acids is 1. The Kier molecular flexibility index (Phi) is 3.73. The summed E-state index contributed by atoms with van der Waals surface area (Å²) in [6, 6.07) is 2.71. The molecule has 7 heteroatoms. The molecule has 3 N–H and O–H groups in total. The van der Waals surface area contributed by atoms with Crippen molar-refractivity contribution < 1.29 is 4.79 Å². The Morgan fingerprint density at radius 2 is 2.39 bits per heavy atom. The van der Waals surface area contributed by atoms with Gasteiger partial charge in [0.15, 0.2) is 0 Å². The quantitative estimate of drug-likeness (QED) is 0.835. The van der Waals surface area contributed by atoms with Crippen LogP contribution in [0.25, 0.3) is 0 Å². The predicted octanol–water partition coefficient (Wildman–Crippen LogP) is 1.22. The van der Waals surface area contributed by atoms with Gasteiger partial charge in [-0.05, 0) is 28.1 Å². The van der Waals surface area contributed by atoms with E-state index in [0.717, 1.165) is 0 Å². The third-order valence-corrected chi connectivity index (χ3v) is 3.02. The maximum atomic E-state index is 12.0. The molecule has 0 aliphatic rings. The van der Waals surface area contributed by atoms with Crippen molar-refractivity contribution in [2.75, 3.05) is 5.32 Å². The van der Waals surface area contributed by atoms with E-state index in [1.165, 1.54) is 0 Å². The molecular formula is C11H12BrN5O. The molecule has 2 rings (SSSR count). The lowest BCUT2D eigenvalue weighted by Crippen LogP contribution is -2.27. The number of hydrogen-bond acceptors (Lipinski definition) is 4. The van der Waals surface area contributed by atoms with Crippen LogP contribution in [-0.4, -0.2) is 20.7 Å². The molecule has 18 heavy (non-hydrogen) atoms. The molecule has 2 heterocycles. The molecule has 0 radical (unpaired) electrons. The van der Waals surface area contributed by atoms with Crippen molar-refractivity contribution in [1.29, 1.82) is 0 Å². The molecule has 0 aliphatic heterocycles. The zero-order valence-electron chi connectivity index (χ0n) is 9.67. The number of carbonyl (C=O) groups is 1. The van der Waals surface area contributed by atoms with Crippen molar-refractivity contribution in [2.45, 2.75) is 6.04 Å². The molecule has 94 valence electrons. The smallest absolute Gasteiger partial charge is 0.246 e. The van der Waals surface area contributed by atoms with Gasteiger partial charge in [0.05, 0.1) is 11.9 Å². The molecule has 0 saturated carbocycles. The number of rotatable bonds is 3. The molecule has 0 saturated heterocycles. The number of pyridine rings is 1. The van der Waals surface area contributed by atoms with Gasteiger partial charge in [0.1, 0.15) is 10.6 Å². The van der Waals surface area contributed by atoms with Crippen LogP contribution >= 0.6 is 15.9 Å².